The highest BCUT2D eigenvalue weighted by molar-refractivity contribution is 5.79. The molecule has 0 aromatic heterocycles. The van der Waals surface area contributed by atoms with Crippen molar-refractivity contribution in [3.05, 3.63) is 29.8 Å². The van der Waals surface area contributed by atoms with Gasteiger partial charge in [-0.05, 0) is 19.1 Å². The van der Waals surface area contributed by atoms with Crippen LogP contribution in [-0.4, -0.2) is 19.1 Å². The Hall–Kier alpha value is -1.38. The lowest BCUT2D eigenvalue weighted by atomic mass is 10.2. The van der Waals surface area contributed by atoms with E-state index in [0.717, 1.165) is 0 Å². The van der Waals surface area contributed by atoms with Crippen molar-refractivity contribution in [3.8, 4) is 5.75 Å². The number of hydrogen-bond acceptors (Lipinski definition) is 2. The molecule has 0 saturated carbocycles. The summed E-state index contributed by atoms with van der Waals surface area (Å²) in [6.45, 7) is 1.38. The largest absolute Gasteiger partial charge is 0.490 e. The van der Waals surface area contributed by atoms with Crippen LogP contribution in [0.25, 0.3) is 0 Å². The fraction of sp³-hybridized carbons (Fsp3) is 0.300. The van der Waals surface area contributed by atoms with Crippen molar-refractivity contribution in [2.75, 3.05) is 6.61 Å². The third-order valence-corrected chi connectivity index (χ3v) is 1.51. The maximum Gasteiger partial charge on any atom is 0.153 e. The predicted octanol–water partition coefficient (Wildman–Crippen LogP) is 2.24. The van der Waals surface area contributed by atoms with Gasteiger partial charge < -0.3 is 4.74 Å². The van der Waals surface area contributed by atoms with Crippen LogP contribution in [0.3, 0.4) is 0 Å². The first-order chi connectivity index (χ1) is 6.24. The first kappa shape index (κ1) is 9.71. The molecular weight excluding hydrogens is 171 g/mol. The SMILES string of the molecule is CC(F)COc1ccccc1C=O. The first-order valence-corrected chi connectivity index (χ1v) is 4.05. The van der Waals surface area contributed by atoms with Crippen molar-refractivity contribution in [2.45, 2.75) is 13.1 Å². The zero-order valence-corrected chi connectivity index (χ0v) is 7.37. The van der Waals surface area contributed by atoms with Gasteiger partial charge in [0, 0.05) is 0 Å². The molecule has 0 bridgehead atoms. The Morgan fingerprint density at radius 2 is 2.23 bits per heavy atom. The van der Waals surface area contributed by atoms with Crippen LogP contribution in [-0.2, 0) is 0 Å². The number of rotatable bonds is 4. The fourth-order valence-electron chi connectivity index (χ4n) is 0.914. The van der Waals surface area contributed by atoms with Gasteiger partial charge in [-0.1, -0.05) is 12.1 Å². The Kier molecular flexibility index (Phi) is 3.43. The molecule has 1 aromatic carbocycles. The Morgan fingerprint density at radius 1 is 1.54 bits per heavy atom. The van der Waals surface area contributed by atoms with Gasteiger partial charge in [0.2, 0.25) is 0 Å². The van der Waals surface area contributed by atoms with Crippen LogP contribution in [0.1, 0.15) is 17.3 Å². The summed E-state index contributed by atoms with van der Waals surface area (Å²) in [5.74, 6) is 0.432. The van der Waals surface area contributed by atoms with E-state index >= 15 is 0 Å². The van der Waals surface area contributed by atoms with Gasteiger partial charge in [0.1, 0.15) is 18.5 Å². The van der Waals surface area contributed by atoms with E-state index in [1.54, 1.807) is 24.3 Å². The van der Waals surface area contributed by atoms with Crippen LogP contribution in [0, 0.1) is 0 Å². The lowest BCUT2D eigenvalue weighted by Crippen LogP contribution is -2.09. The Balaban J connectivity index is 2.69. The van der Waals surface area contributed by atoms with Crippen molar-refractivity contribution >= 4 is 6.29 Å². The van der Waals surface area contributed by atoms with Crippen LogP contribution in [0.4, 0.5) is 4.39 Å². The van der Waals surface area contributed by atoms with Crippen molar-refractivity contribution in [3.63, 3.8) is 0 Å². The standard InChI is InChI=1S/C10H11FO2/c1-8(11)7-13-10-5-3-2-4-9(10)6-12/h2-6,8H,7H2,1H3. The normalized spacial score (nSPS) is 12.2. The first-order valence-electron chi connectivity index (χ1n) is 4.05. The number of para-hydroxylation sites is 1. The number of aldehydes is 1. The molecule has 0 fully saturated rings. The molecular formula is C10H11FO2. The number of alkyl halides is 1. The second-order valence-corrected chi connectivity index (χ2v) is 2.75. The topological polar surface area (TPSA) is 26.3 Å². The summed E-state index contributed by atoms with van der Waals surface area (Å²) in [5.41, 5.74) is 0.447. The molecule has 1 unspecified atom stereocenters. The number of hydrogen-bond donors (Lipinski definition) is 0. The molecule has 0 aliphatic rings. The Morgan fingerprint density at radius 3 is 2.85 bits per heavy atom. The number of halogens is 1. The van der Waals surface area contributed by atoms with E-state index < -0.39 is 6.17 Å². The number of ether oxygens (including phenoxy) is 1. The molecule has 0 heterocycles. The van der Waals surface area contributed by atoms with Gasteiger partial charge in [0.05, 0.1) is 5.56 Å². The zero-order chi connectivity index (χ0) is 9.68. The smallest absolute Gasteiger partial charge is 0.153 e. The number of carbonyl (C=O) groups excluding carboxylic acids is 1. The second-order valence-electron chi connectivity index (χ2n) is 2.75. The summed E-state index contributed by atoms with van der Waals surface area (Å²) >= 11 is 0. The monoisotopic (exact) mass is 182 g/mol. The van der Waals surface area contributed by atoms with Crippen LogP contribution in [0.15, 0.2) is 24.3 Å². The van der Waals surface area contributed by atoms with E-state index in [-0.39, 0.29) is 6.61 Å². The summed E-state index contributed by atoms with van der Waals surface area (Å²) in [7, 11) is 0. The van der Waals surface area contributed by atoms with Gasteiger partial charge in [-0.25, -0.2) is 4.39 Å². The zero-order valence-electron chi connectivity index (χ0n) is 7.37. The van der Waals surface area contributed by atoms with E-state index in [0.29, 0.717) is 17.6 Å². The highest BCUT2D eigenvalue weighted by Gasteiger charge is 2.03. The molecule has 2 nitrogen and oxygen atoms in total. The molecule has 1 atom stereocenters. The minimum absolute atomic E-state index is 0.0230. The summed E-state index contributed by atoms with van der Waals surface area (Å²) in [6.07, 6.45) is -0.335. The van der Waals surface area contributed by atoms with E-state index in [4.69, 9.17) is 4.74 Å². The van der Waals surface area contributed by atoms with Crippen molar-refractivity contribution in [1.29, 1.82) is 0 Å². The van der Waals surface area contributed by atoms with Crippen molar-refractivity contribution in [1.82, 2.24) is 0 Å². The highest BCUT2D eigenvalue weighted by atomic mass is 19.1. The van der Waals surface area contributed by atoms with E-state index in [2.05, 4.69) is 0 Å². The van der Waals surface area contributed by atoms with Gasteiger partial charge >= 0.3 is 0 Å². The number of benzene rings is 1. The van der Waals surface area contributed by atoms with Gasteiger partial charge in [-0.3, -0.25) is 4.79 Å². The minimum atomic E-state index is -1.03. The number of carbonyl (C=O) groups is 1. The molecule has 13 heavy (non-hydrogen) atoms. The van der Waals surface area contributed by atoms with E-state index in [9.17, 15) is 9.18 Å². The molecule has 3 heteroatoms. The average Bonchev–Trinajstić information content (AvgIpc) is 2.15. The molecule has 0 spiro atoms. The lowest BCUT2D eigenvalue weighted by Gasteiger charge is -2.07. The summed E-state index contributed by atoms with van der Waals surface area (Å²) < 4.78 is 17.5. The predicted molar refractivity (Wildman–Crippen MR) is 47.9 cm³/mol. The molecule has 0 radical (unpaired) electrons. The van der Waals surface area contributed by atoms with Gasteiger partial charge in [-0.15, -0.1) is 0 Å². The molecule has 70 valence electrons. The Bertz CT molecular complexity index is 284. The van der Waals surface area contributed by atoms with Gasteiger partial charge in [-0.2, -0.15) is 0 Å². The summed E-state index contributed by atoms with van der Waals surface area (Å²) in [5, 5.41) is 0. The average molecular weight is 182 g/mol. The van der Waals surface area contributed by atoms with Crippen LogP contribution >= 0.6 is 0 Å². The molecule has 0 saturated heterocycles. The van der Waals surface area contributed by atoms with E-state index in [1.807, 2.05) is 0 Å². The van der Waals surface area contributed by atoms with Crippen molar-refractivity contribution < 1.29 is 13.9 Å². The molecule has 0 aliphatic heterocycles. The Labute approximate surface area is 76.3 Å². The molecule has 0 aliphatic carbocycles. The van der Waals surface area contributed by atoms with E-state index in [1.165, 1.54) is 6.92 Å². The second kappa shape index (κ2) is 4.60. The van der Waals surface area contributed by atoms with Gasteiger partial charge in [0.15, 0.2) is 6.29 Å². The van der Waals surface area contributed by atoms with Crippen molar-refractivity contribution in [2.24, 2.45) is 0 Å². The lowest BCUT2D eigenvalue weighted by molar-refractivity contribution is 0.111. The molecule has 0 amide bonds. The quantitative estimate of drug-likeness (QED) is 0.667. The van der Waals surface area contributed by atoms with Gasteiger partial charge in [0.25, 0.3) is 0 Å². The molecule has 1 aromatic rings. The third-order valence-electron chi connectivity index (χ3n) is 1.51. The molecule has 0 N–H and O–H groups in total. The molecule has 1 rings (SSSR count). The highest BCUT2D eigenvalue weighted by Crippen LogP contribution is 2.15. The van der Waals surface area contributed by atoms with Crippen LogP contribution in [0.2, 0.25) is 0 Å². The summed E-state index contributed by atoms with van der Waals surface area (Å²) in [6, 6.07) is 6.75. The third kappa shape index (κ3) is 2.86. The van der Waals surface area contributed by atoms with Crippen LogP contribution < -0.4 is 4.74 Å². The maximum atomic E-state index is 12.4. The maximum absolute atomic E-state index is 12.4. The fourth-order valence-corrected chi connectivity index (χ4v) is 0.914. The summed E-state index contributed by atoms with van der Waals surface area (Å²) in [4.78, 5) is 10.5. The van der Waals surface area contributed by atoms with Crippen LogP contribution in [0.5, 0.6) is 5.75 Å². The minimum Gasteiger partial charge on any atom is -0.490 e.